The van der Waals surface area contributed by atoms with E-state index in [2.05, 4.69) is 5.32 Å². The number of nitrogens with zero attached hydrogens (tertiary/aromatic N) is 1. The third-order valence-corrected chi connectivity index (χ3v) is 3.82. The summed E-state index contributed by atoms with van der Waals surface area (Å²) in [7, 11) is 0. The predicted octanol–water partition coefficient (Wildman–Crippen LogP) is 1.77. The maximum Gasteiger partial charge on any atom is 0.410 e. The van der Waals surface area contributed by atoms with Crippen LogP contribution in [0.3, 0.4) is 0 Å². The number of piperidine rings is 1. The summed E-state index contributed by atoms with van der Waals surface area (Å²) in [5.74, 6) is -3.84. The Hall–Kier alpha value is -1.40. The van der Waals surface area contributed by atoms with E-state index in [1.807, 2.05) is 0 Å². The Bertz CT molecular complexity index is 434. The number of nitrogens with one attached hydrogen (secondary N) is 1. The summed E-state index contributed by atoms with van der Waals surface area (Å²) < 4.78 is 33.8. The summed E-state index contributed by atoms with van der Waals surface area (Å²) in [5, 5.41) is 2.46. The predicted molar refractivity (Wildman–Crippen MR) is 67.4 cm³/mol. The lowest BCUT2D eigenvalue weighted by Crippen LogP contribution is -2.60. The molecular formula is C13H20F2N2O3. The average molecular weight is 290 g/mol. The van der Waals surface area contributed by atoms with Gasteiger partial charge in [-0.3, -0.25) is 4.79 Å². The molecular weight excluding hydrogens is 270 g/mol. The maximum absolute atomic E-state index is 14.3. The molecule has 0 aromatic carbocycles. The second-order valence-electron chi connectivity index (χ2n) is 6.44. The fourth-order valence-electron chi connectivity index (χ4n) is 2.72. The Labute approximate surface area is 116 Å². The molecule has 1 unspecified atom stereocenters. The first-order valence-electron chi connectivity index (χ1n) is 6.71. The molecule has 0 bridgehead atoms. The van der Waals surface area contributed by atoms with E-state index in [1.165, 1.54) is 0 Å². The van der Waals surface area contributed by atoms with Crippen LogP contribution in [0, 0.1) is 5.41 Å². The molecule has 2 aliphatic rings. The number of rotatable bonds is 0. The van der Waals surface area contributed by atoms with Gasteiger partial charge in [0.05, 0.1) is 6.54 Å². The van der Waals surface area contributed by atoms with Gasteiger partial charge in [-0.25, -0.2) is 13.6 Å². The zero-order chi connectivity index (χ0) is 15.2. The highest BCUT2D eigenvalue weighted by Crippen LogP contribution is 2.48. The van der Waals surface area contributed by atoms with Crippen LogP contribution >= 0.6 is 0 Å². The lowest BCUT2D eigenvalue weighted by molar-refractivity contribution is -0.175. The minimum Gasteiger partial charge on any atom is -0.444 e. The first-order chi connectivity index (χ1) is 9.07. The van der Waals surface area contributed by atoms with E-state index < -0.39 is 35.5 Å². The van der Waals surface area contributed by atoms with Crippen molar-refractivity contribution in [2.45, 2.75) is 45.1 Å². The summed E-state index contributed by atoms with van der Waals surface area (Å²) in [5.41, 5.74) is -2.39. The van der Waals surface area contributed by atoms with Crippen molar-refractivity contribution in [3.8, 4) is 0 Å². The van der Waals surface area contributed by atoms with Gasteiger partial charge in [-0.15, -0.1) is 0 Å². The van der Waals surface area contributed by atoms with E-state index in [-0.39, 0.29) is 25.9 Å². The van der Waals surface area contributed by atoms with Crippen molar-refractivity contribution < 1.29 is 23.1 Å². The number of likely N-dealkylation sites (tertiary alicyclic amines) is 1. The van der Waals surface area contributed by atoms with Crippen LogP contribution in [0.4, 0.5) is 13.6 Å². The fraction of sp³-hybridized carbons (Fsp3) is 0.846. The lowest BCUT2D eigenvalue weighted by Gasteiger charge is -2.43. The molecule has 0 saturated carbocycles. The van der Waals surface area contributed by atoms with Crippen LogP contribution < -0.4 is 5.32 Å². The maximum atomic E-state index is 14.3. The van der Waals surface area contributed by atoms with E-state index in [0.717, 1.165) is 4.90 Å². The Morgan fingerprint density at radius 1 is 1.35 bits per heavy atom. The number of halogens is 2. The number of hydrogen-bond donors (Lipinski definition) is 1. The monoisotopic (exact) mass is 290 g/mol. The molecule has 7 heteroatoms. The van der Waals surface area contributed by atoms with Crippen molar-refractivity contribution in [1.29, 1.82) is 0 Å². The summed E-state index contributed by atoms with van der Waals surface area (Å²) >= 11 is 0. The van der Waals surface area contributed by atoms with Gasteiger partial charge in [0.15, 0.2) is 0 Å². The van der Waals surface area contributed by atoms with Crippen LogP contribution in [-0.2, 0) is 9.53 Å². The van der Waals surface area contributed by atoms with Gasteiger partial charge in [0.25, 0.3) is 5.92 Å². The minimum absolute atomic E-state index is 0.0366. The smallest absolute Gasteiger partial charge is 0.410 e. The van der Waals surface area contributed by atoms with Crippen LogP contribution in [0.15, 0.2) is 0 Å². The Balaban J connectivity index is 2.11. The Morgan fingerprint density at radius 2 is 2.00 bits per heavy atom. The van der Waals surface area contributed by atoms with Crippen LogP contribution in [-0.4, -0.2) is 48.1 Å². The third-order valence-electron chi connectivity index (χ3n) is 3.82. The SMILES string of the molecule is CC(C)(C)OC(=O)N1CCC2(CCNC2=O)C(F)(F)C1. The lowest BCUT2D eigenvalue weighted by atomic mass is 9.74. The number of alkyl halides is 2. The third kappa shape index (κ3) is 2.45. The molecule has 5 nitrogen and oxygen atoms in total. The van der Waals surface area contributed by atoms with Crippen molar-refractivity contribution in [2.24, 2.45) is 5.41 Å². The van der Waals surface area contributed by atoms with Gasteiger partial charge in [0, 0.05) is 13.1 Å². The Kier molecular flexibility index (Phi) is 3.42. The fourth-order valence-corrected chi connectivity index (χ4v) is 2.72. The molecule has 0 radical (unpaired) electrons. The molecule has 2 amide bonds. The van der Waals surface area contributed by atoms with E-state index >= 15 is 0 Å². The minimum atomic E-state index is -3.23. The highest BCUT2D eigenvalue weighted by atomic mass is 19.3. The van der Waals surface area contributed by atoms with Gasteiger partial charge in [0.1, 0.15) is 11.0 Å². The normalized spacial score (nSPS) is 29.4. The summed E-state index contributed by atoms with van der Waals surface area (Å²) in [6.45, 7) is 4.64. The van der Waals surface area contributed by atoms with Gasteiger partial charge < -0.3 is 15.0 Å². The number of carbonyl (C=O) groups is 2. The molecule has 2 fully saturated rings. The highest BCUT2D eigenvalue weighted by molar-refractivity contribution is 5.86. The van der Waals surface area contributed by atoms with Crippen molar-refractivity contribution in [3.63, 3.8) is 0 Å². The van der Waals surface area contributed by atoms with Crippen molar-refractivity contribution in [3.05, 3.63) is 0 Å². The van der Waals surface area contributed by atoms with Crippen LogP contribution in [0.5, 0.6) is 0 Å². The van der Waals surface area contributed by atoms with Gasteiger partial charge in [0.2, 0.25) is 5.91 Å². The zero-order valence-electron chi connectivity index (χ0n) is 12.0. The first-order valence-corrected chi connectivity index (χ1v) is 6.71. The molecule has 20 heavy (non-hydrogen) atoms. The van der Waals surface area contributed by atoms with E-state index in [1.54, 1.807) is 20.8 Å². The van der Waals surface area contributed by atoms with Crippen molar-refractivity contribution in [2.75, 3.05) is 19.6 Å². The Morgan fingerprint density at radius 3 is 2.45 bits per heavy atom. The van der Waals surface area contributed by atoms with Gasteiger partial charge >= 0.3 is 6.09 Å². The standard InChI is InChI=1S/C13H20F2N2O3/c1-11(2,3)20-10(19)17-7-5-12(13(14,15)8-17)4-6-16-9(12)18/h4-8H2,1-3H3,(H,16,18). The van der Waals surface area contributed by atoms with Crippen molar-refractivity contribution in [1.82, 2.24) is 10.2 Å². The molecule has 2 aliphatic heterocycles. The molecule has 114 valence electrons. The number of amides is 2. The van der Waals surface area contributed by atoms with Crippen LogP contribution in [0.1, 0.15) is 33.6 Å². The second kappa shape index (κ2) is 4.56. The quantitative estimate of drug-likeness (QED) is 0.739. The number of carbonyl (C=O) groups excluding carboxylic acids is 2. The number of ether oxygens (including phenoxy) is 1. The average Bonchev–Trinajstić information content (AvgIpc) is 2.63. The van der Waals surface area contributed by atoms with Gasteiger partial charge in [-0.2, -0.15) is 0 Å². The molecule has 0 aromatic heterocycles. The van der Waals surface area contributed by atoms with E-state index in [9.17, 15) is 18.4 Å². The summed E-state index contributed by atoms with van der Waals surface area (Å²) in [6.07, 6.45) is -0.683. The summed E-state index contributed by atoms with van der Waals surface area (Å²) in [4.78, 5) is 24.6. The van der Waals surface area contributed by atoms with E-state index in [4.69, 9.17) is 4.74 Å². The molecule has 2 rings (SSSR count). The highest BCUT2D eigenvalue weighted by Gasteiger charge is 2.63. The van der Waals surface area contributed by atoms with Crippen LogP contribution in [0.2, 0.25) is 0 Å². The second-order valence-corrected chi connectivity index (χ2v) is 6.44. The molecule has 2 heterocycles. The topological polar surface area (TPSA) is 58.6 Å². The molecule has 1 spiro atoms. The molecule has 1 atom stereocenters. The van der Waals surface area contributed by atoms with Gasteiger partial charge in [-0.1, -0.05) is 0 Å². The molecule has 2 saturated heterocycles. The van der Waals surface area contributed by atoms with Crippen molar-refractivity contribution >= 4 is 12.0 Å². The molecule has 1 N–H and O–H groups in total. The first kappa shape index (κ1) is 15.0. The zero-order valence-corrected chi connectivity index (χ0v) is 12.0. The van der Waals surface area contributed by atoms with E-state index in [0.29, 0.717) is 0 Å². The molecule has 0 aromatic rings. The number of hydrogen-bond acceptors (Lipinski definition) is 3. The largest absolute Gasteiger partial charge is 0.444 e. The molecule has 0 aliphatic carbocycles. The van der Waals surface area contributed by atoms with Crippen LogP contribution in [0.25, 0.3) is 0 Å². The summed E-state index contributed by atoms with van der Waals surface area (Å²) in [6, 6.07) is 0. The van der Waals surface area contributed by atoms with Gasteiger partial charge in [-0.05, 0) is 33.6 Å².